The first-order valence-electron chi connectivity index (χ1n) is 26.3. The van der Waals surface area contributed by atoms with Crippen LogP contribution in [0.2, 0.25) is 0 Å². The van der Waals surface area contributed by atoms with Gasteiger partial charge in [-0.05, 0) is 84.9 Å². The van der Waals surface area contributed by atoms with Crippen LogP contribution in [0.25, 0.3) is 149 Å². The van der Waals surface area contributed by atoms with Crippen LogP contribution in [0.3, 0.4) is 0 Å². The molecule has 17 rings (SSSR count). The van der Waals surface area contributed by atoms with Crippen molar-refractivity contribution in [3.05, 3.63) is 250 Å². The van der Waals surface area contributed by atoms with Crippen LogP contribution >= 0.6 is 0 Å². The number of para-hydroxylation sites is 7. The summed E-state index contributed by atoms with van der Waals surface area (Å²) in [5.74, 6) is 0.730. The Hall–Kier alpha value is -11.0. The normalized spacial score (nSPS) is 12.1. The summed E-state index contributed by atoms with van der Waals surface area (Å²) < 4.78 is 12.2. The van der Waals surface area contributed by atoms with E-state index in [2.05, 4.69) is 211 Å². The van der Waals surface area contributed by atoms with E-state index < -0.39 is 0 Å². The zero-order valence-electron chi connectivity index (χ0n) is 42.1. The molecule has 0 aliphatic heterocycles. The van der Waals surface area contributed by atoms with Gasteiger partial charge in [0.05, 0.1) is 89.2 Å². The zero-order valence-corrected chi connectivity index (χ0v) is 42.1. The number of hydrogen-bond acceptors (Lipinski definition) is 6. The fourth-order valence-electron chi connectivity index (χ4n) is 12.8. The van der Waals surface area contributed by atoms with Crippen LogP contribution in [-0.4, -0.2) is 52.7 Å². The number of aromatic nitrogens is 11. The first-order chi connectivity index (χ1) is 39.3. The van der Waals surface area contributed by atoms with Crippen molar-refractivity contribution in [1.82, 2.24) is 52.7 Å². The molecule has 0 atom stereocenters. The van der Waals surface area contributed by atoms with Crippen molar-refractivity contribution in [3.63, 3.8) is 0 Å². The first-order valence-corrected chi connectivity index (χ1v) is 26.3. The second kappa shape index (κ2) is 16.7. The molecule has 0 saturated carbocycles. The van der Waals surface area contributed by atoms with Gasteiger partial charge in [0.25, 0.3) is 0 Å². The third kappa shape index (κ3) is 6.06. The second-order valence-electron chi connectivity index (χ2n) is 19.9. The molecule has 0 unspecified atom stereocenters. The molecule has 11 nitrogen and oxygen atoms in total. The van der Waals surface area contributed by atoms with Crippen LogP contribution in [0.15, 0.2) is 250 Å². The van der Waals surface area contributed by atoms with Crippen LogP contribution in [0.4, 0.5) is 0 Å². The lowest BCUT2D eigenvalue weighted by Gasteiger charge is -2.31. The van der Waals surface area contributed by atoms with Crippen LogP contribution in [0, 0.1) is 0 Å². The molecular weight excluding hydrogens is 971 g/mol. The summed E-state index contributed by atoms with van der Waals surface area (Å²) >= 11 is 0. The Morgan fingerprint density at radius 2 is 0.620 bits per heavy atom. The highest BCUT2D eigenvalue weighted by Gasteiger charge is 2.37. The third-order valence-electron chi connectivity index (χ3n) is 15.9. The van der Waals surface area contributed by atoms with Gasteiger partial charge in [-0.15, -0.1) is 0 Å². The number of imidazole rings is 1. The van der Waals surface area contributed by atoms with Crippen LogP contribution in [0.5, 0.6) is 0 Å². The monoisotopic (exact) mass is 1010 g/mol. The highest BCUT2D eigenvalue weighted by molar-refractivity contribution is 6.18. The largest absolute Gasteiger partial charge is 0.306 e. The predicted molar refractivity (Wildman–Crippen MR) is 318 cm³/mol. The lowest BCUT2D eigenvalue weighted by Crippen LogP contribution is -2.17. The van der Waals surface area contributed by atoms with E-state index in [0.29, 0.717) is 0 Å². The van der Waals surface area contributed by atoms with Gasteiger partial charge in [0.1, 0.15) is 5.82 Å². The van der Waals surface area contributed by atoms with Crippen molar-refractivity contribution in [2.45, 2.75) is 0 Å². The van der Waals surface area contributed by atoms with Crippen molar-refractivity contribution in [2.75, 3.05) is 0 Å². The molecule has 79 heavy (non-hydrogen) atoms. The van der Waals surface area contributed by atoms with E-state index in [1.807, 2.05) is 61.8 Å². The molecule has 17 aromatic rings. The molecular formula is C68H41N11. The molecule has 0 saturated heterocycles. The van der Waals surface area contributed by atoms with Gasteiger partial charge in [0.2, 0.25) is 0 Å². The fourth-order valence-corrected chi connectivity index (χ4v) is 12.8. The second-order valence-corrected chi connectivity index (χ2v) is 19.9. The fraction of sp³-hybridized carbons (Fsp3) is 0. The zero-order chi connectivity index (χ0) is 51.7. The number of pyridine rings is 5. The molecule has 0 aliphatic carbocycles. The molecule has 0 aliphatic rings. The molecule has 368 valence electrons. The summed E-state index contributed by atoms with van der Waals surface area (Å²) in [6, 6.07) is 68.8. The molecule has 0 N–H and O–H groups in total. The Labute approximate surface area is 449 Å². The van der Waals surface area contributed by atoms with E-state index in [1.54, 1.807) is 0 Å². The number of nitrogens with zero attached hydrogens (tertiary/aromatic N) is 11. The van der Waals surface area contributed by atoms with Gasteiger partial charge < -0.3 is 18.3 Å². The summed E-state index contributed by atoms with van der Waals surface area (Å²) in [6.45, 7) is 0. The predicted octanol–water partition coefficient (Wildman–Crippen LogP) is 15.7. The number of benzene rings is 7. The van der Waals surface area contributed by atoms with E-state index in [9.17, 15) is 0 Å². The van der Waals surface area contributed by atoms with E-state index in [1.165, 1.54) is 0 Å². The molecule has 11 heteroatoms. The summed E-state index contributed by atoms with van der Waals surface area (Å²) in [6.07, 6.45) is 17.5. The van der Waals surface area contributed by atoms with Gasteiger partial charge in [0.15, 0.2) is 0 Å². The maximum Gasteiger partial charge on any atom is 0.148 e. The molecule has 0 spiro atoms. The summed E-state index contributed by atoms with van der Waals surface area (Å²) in [4.78, 5) is 30.7. The number of rotatable bonds is 7. The Bertz CT molecular complexity index is 5120. The molecule has 0 radical (unpaired) electrons. The molecule has 0 amide bonds. The molecule has 10 aromatic heterocycles. The van der Waals surface area contributed by atoms with Gasteiger partial charge in [-0.2, -0.15) is 0 Å². The van der Waals surface area contributed by atoms with E-state index in [-0.39, 0.29) is 0 Å². The topological polar surface area (TPSA) is 102 Å². The Kier molecular flexibility index (Phi) is 9.15. The van der Waals surface area contributed by atoms with Crippen molar-refractivity contribution in [2.24, 2.45) is 0 Å². The average Bonchev–Trinajstić information content (AvgIpc) is 3.94. The quantitative estimate of drug-likeness (QED) is 0.158. The van der Waals surface area contributed by atoms with Gasteiger partial charge in [-0.25, -0.2) is 4.98 Å². The lowest BCUT2D eigenvalue weighted by molar-refractivity contribution is 1.01. The molecule has 10 heterocycles. The van der Waals surface area contributed by atoms with Gasteiger partial charge in [0, 0.05) is 110 Å². The average molecular weight is 1010 g/mol. The van der Waals surface area contributed by atoms with Gasteiger partial charge in [-0.3, -0.25) is 29.5 Å². The Balaban J connectivity index is 1.28. The standard InChI is InChI=1S/C68H41N11/c1-2-16-42(17-3-1)75-61-28-13-8-22-51(61)74-68(75)63-62(52-23-14-15-33-73-52)64(76-53-24-9-4-18-43(53)47-38-69-34-29-57(47)76)66(78-55-26-11-6-20-45(55)49-40-71-36-31-59(49)78)67(79-56-27-12-7-21-46(56)50-41-72-37-32-60(50)79)65(63)77-54-25-10-5-19-44(54)48-39-70-35-30-58(48)77/h1-41H. The minimum Gasteiger partial charge on any atom is -0.306 e. The third-order valence-corrected chi connectivity index (χ3v) is 15.9. The van der Waals surface area contributed by atoms with Gasteiger partial charge in [-0.1, -0.05) is 109 Å². The highest BCUT2D eigenvalue weighted by atomic mass is 15.2. The van der Waals surface area contributed by atoms with E-state index >= 15 is 0 Å². The minimum absolute atomic E-state index is 0.730. The van der Waals surface area contributed by atoms with Crippen molar-refractivity contribution in [3.8, 4) is 51.1 Å². The molecule has 0 fully saturated rings. The Morgan fingerprint density at radius 1 is 0.253 bits per heavy atom. The van der Waals surface area contributed by atoms with Gasteiger partial charge >= 0.3 is 0 Å². The van der Waals surface area contributed by atoms with E-state index in [0.717, 1.165) is 149 Å². The van der Waals surface area contributed by atoms with Crippen molar-refractivity contribution >= 4 is 98.3 Å². The lowest BCUT2D eigenvalue weighted by atomic mass is 9.93. The maximum absolute atomic E-state index is 5.92. The number of hydrogen-bond donors (Lipinski definition) is 0. The molecule has 7 aromatic carbocycles. The maximum atomic E-state index is 5.92. The van der Waals surface area contributed by atoms with Crippen molar-refractivity contribution < 1.29 is 0 Å². The summed E-state index contributed by atoms with van der Waals surface area (Å²) in [7, 11) is 0. The summed E-state index contributed by atoms with van der Waals surface area (Å²) in [5.41, 5.74) is 16.7. The van der Waals surface area contributed by atoms with Crippen LogP contribution in [0.1, 0.15) is 0 Å². The minimum atomic E-state index is 0.730. The highest BCUT2D eigenvalue weighted by Crippen LogP contribution is 2.54. The first kappa shape index (κ1) is 43.2. The summed E-state index contributed by atoms with van der Waals surface area (Å²) in [5, 5.41) is 8.33. The SMILES string of the molecule is c1ccc(-n2c(-c3c(-c4ccccn4)c(-n4c5ccccc5c5cnccc54)c(-n4c5ccccc5c5cnccc54)c(-n4c5ccccc5c5cnccc54)c3-n3c4ccccc4c4cnccc43)nc3ccccc32)cc1. The van der Waals surface area contributed by atoms with Crippen LogP contribution < -0.4 is 0 Å². The van der Waals surface area contributed by atoms with Crippen molar-refractivity contribution in [1.29, 1.82) is 0 Å². The Morgan fingerprint density at radius 3 is 1.06 bits per heavy atom. The van der Waals surface area contributed by atoms with Crippen LogP contribution in [-0.2, 0) is 0 Å². The molecule has 0 bridgehead atoms. The smallest absolute Gasteiger partial charge is 0.148 e. The van der Waals surface area contributed by atoms with E-state index in [4.69, 9.17) is 29.9 Å². The number of fused-ring (bicyclic) bond motifs is 13.